The largest absolute Gasteiger partial charge is 0.497 e. The van der Waals surface area contributed by atoms with Gasteiger partial charge in [0.05, 0.1) is 12.9 Å². The molecule has 1 aromatic heterocycles. The number of carbonyl (C=O) groups excluding carboxylic acids is 1. The minimum atomic E-state index is 0.187. The van der Waals surface area contributed by atoms with Crippen LogP contribution < -0.4 is 4.74 Å². The number of benzene rings is 1. The van der Waals surface area contributed by atoms with Crippen molar-refractivity contribution in [3.05, 3.63) is 24.3 Å². The summed E-state index contributed by atoms with van der Waals surface area (Å²) in [7, 11) is 1.64. The third kappa shape index (κ3) is 4.34. The van der Waals surface area contributed by atoms with Gasteiger partial charge in [-0.05, 0) is 49.9 Å². The number of piperidine rings is 1. The third-order valence-electron chi connectivity index (χ3n) is 4.57. The van der Waals surface area contributed by atoms with Crippen LogP contribution in [0.3, 0.4) is 0 Å². The van der Waals surface area contributed by atoms with Crippen LogP contribution in [0.5, 0.6) is 5.75 Å². The number of rotatable bonds is 6. The van der Waals surface area contributed by atoms with Crippen LogP contribution in [-0.4, -0.2) is 51.4 Å². The van der Waals surface area contributed by atoms with Crippen LogP contribution >= 0.6 is 11.8 Å². The Morgan fingerprint density at radius 1 is 1.36 bits per heavy atom. The second-order valence-electron chi connectivity index (χ2n) is 6.13. The highest BCUT2D eigenvalue weighted by molar-refractivity contribution is 7.99. The van der Waals surface area contributed by atoms with Gasteiger partial charge in [-0.15, -0.1) is 5.10 Å². The molecule has 2 heterocycles. The number of thioether (sulfide) groups is 1. The molecule has 0 spiro atoms. The van der Waals surface area contributed by atoms with Gasteiger partial charge >= 0.3 is 0 Å². The number of nitrogens with zero attached hydrogens (tertiary/aromatic N) is 3. The molecule has 0 aliphatic carbocycles. The number of ether oxygens (including phenoxy) is 1. The molecule has 6 nitrogen and oxygen atoms in total. The molecule has 0 bridgehead atoms. The van der Waals surface area contributed by atoms with E-state index >= 15 is 0 Å². The van der Waals surface area contributed by atoms with Crippen LogP contribution in [0.15, 0.2) is 29.4 Å². The topological polar surface area (TPSA) is 71.1 Å². The van der Waals surface area contributed by atoms with Gasteiger partial charge in [0.15, 0.2) is 5.82 Å². The molecule has 0 unspecified atom stereocenters. The molecule has 7 heteroatoms. The Morgan fingerprint density at radius 3 is 2.88 bits per heavy atom. The van der Waals surface area contributed by atoms with E-state index in [0.717, 1.165) is 37.1 Å². The van der Waals surface area contributed by atoms with Crippen molar-refractivity contribution in [3.63, 3.8) is 0 Å². The van der Waals surface area contributed by atoms with Gasteiger partial charge in [-0.3, -0.25) is 9.89 Å². The summed E-state index contributed by atoms with van der Waals surface area (Å²) in [4.78, 5) is 19.0. The maximum absolute atomic E-state index is 12.5. The normalized spacial score (nSPS) is 17.5. The van der Waals surface area contributed by atoms with E-state index in [0.29, 0.717) is 22.8 Å². The summed E-state index contributed by atoms with van der Waals surface area (Å²) >= 11 is 1.39. The summed E-state index contributed by atoms with van der Waals surface area (Å²) in [5.74, 6) is 2.07. The fourth-order valence-corrected chi connectivity index (χ4v) is 3.84. The minimum Gasteiger partial charge on any atom is -0.497 e. The van der Waals surface area contributed by atoms with Gasteiger partial charge in [-0.2, -0.15) is 0 Å². The van der Waals surface area contributed by atoms with Crippen LogP contribution in [0.25, 0.3) is 11.4 Å². The number of aromatic amines is 1. The Kier molecular flexibility index (Phi) is 5.96. The lowest BCUT2D eigenvalue weighted by Crippen LogP contribution is -2.44. The first-order valence-electron chi connectivity index (χ1n) is 8.70. The average molecular weight is 360 g/mol. The van der Waals surface area contributed by atoms with Crippen molar-refractivity contribution in [1.29, 1.82) is 0 Å². The van der Waals surface area contributed by atoms with Crippen molar-refractivity contribution in [2.45, 2.75) is 43.8 Å². The van der Waals surface area contributed by atoms with Crippen LogP contribution in [0.1, 0.15) is 32.6 Å². The standard InChI is InChI=1S/C18H24N4O2S/c1-3-14-6-4-5-11-22(14)16(23)12-25-18-19-17(20-21-18)13-7-9-15(24-2)10-8-13/h7-10,14H,3-6,11-12H2,1-2H3,(H,19,20,21)/t14-/m0/s1. The van der Waals surface area contributed by atoms with Crippen molar-refractivity contribution in [1.82, 2.24) is 20.1 Å². The van der Waals surface area contributed by atoms with E-state index in [1.807, 2.05) is 29.2 Å². The highest BCUT2D eigenvalue weighted by atomic mass is 32.2. The van der Waals surface area contributed by atoms with E-state index in [1.54, 1.807) is 7.11 Å². The van der Waals surface area contributed by atoms with Gasteiger partial charge in [0.2, 0.25) is 11.1 Å². The van der Waals surface area contributed by atoms with Crippen LogP contribution in [0.2, 0.25) is 0 Å². The summed E-state index contributed by atoms with van der Waals surface area (Å²) in [5, 5.41) is 7.75. The van der Waals surface area contributed by atoms with Crippen molar-refractivity contribution in [2.75, 3.05) is 19.4 Å². The molecule has 1 aliphatic rings. The molecule has 1 N–H and O–H groups in total. The zero-order chi connectivity index (χ0) is 17.6. The predicted molar refractivity (Wildman–Crippen MR) is 98.7 cm³/mol. The Labute approximate surface area is 152 Å². The molecule has 1 aliphatic heterocycles. The number of likely N-dealkylation sites (tertiary alicyclic amines) is 1. The van der Waals surface area contributed by atoms with Crippen molar-refractivity contribution in [2.24, 2.45) is 0 Å². The molecule has 2 aromatic rings. The molecule has 0 radical (unpaired) electrons. The summed E-state index contributed by atoms with van der Waals surface area (Å²) in [6, 6.07) is 8.02. The van der Waals surface area contributed by atoms with Gasteiger partial charge in [-0.1, -0.05) is 18.7 Å². The Morgan fingerprint density at radius 2 is 2.16 bits per heavy atom. The molecule has 1 amide bonds. The number of hydrogen-bond acceptors (Lipinski definition) is 5. The zero-order valence-electron chi connectivity index (χ0n) is 14.7. The van der Waals surface area contributed by atoms with Gasteiger partial charge in [-0.25, -0.2) is 4.98 Å². The number of carbonyl (C=O) groups is 1. The second kappa shape index (κ2) is 8.38. The van der Waals surface area contributed by atoms with Crippen LogP contribution in [-0.2, 0) is 4.79 Å². The highest BCUT2D eigenvalue weighted by Crippen LogP contribution is 2.24. The third-order valence-corrected chi connectivity index (χ3v) is 5.40. The second-order valence-corrected chi connectivity index (χ2v) is 7.07. The summed E-state index contributed by atoms with van der Waals surface area (Å²) in [6.45, 7) is 3.03. The van der Waals surface area contributed by atoms with Crippen LogP contribution in [0, 0.1) is 0 Å². The number of amides is 1. The van der Waals surface area contributed by atoms with Gasteiger partial charge in [0, 0.05) is 18.2 Å². The maximum atomic E-state index is 12.5. The van der Waals surface area contributed by atoms with Crippen molar-refractivity contribution < 1.29 is 9.53 Å². The Hall–Kier alpha value is -2.02. The van der Waals surface area contributed by atoms with Gasteiger partial charge in [0.25, 0.3) is 0 Å². The molecule has 1 saturated heterocycles. The molecule has 25 heavy (non-hydrogen) atoms. The van der Waals surface area contributed by atoms with E-state index in [-0.39, 0.29) is 5.91 Å². The van der Waals surface area contributed by atoms with E-state index in [1.165, 1.54) is 18.2 Å². The molecule has 3 rings (SSSR count). The molecular weight excluding hydrogens is 336 g/mol. The van der Waals surface area contributed by atoms with E-state index in [4.69, 9.17) is 4.74 Å². The summed E-state index contributed by atoms with van der Waals surface area (Å²) in [5.41, 5.74) is 0.938. The maximum Gasteiger partial charge on any atom is 0.233 e. The Bertz CT molecular complexity index is 701. The SMILES string of the molecule is CC[C@H]1CCCCN1C(=O)CSc1n[nH]c(-c2ccc(OC)cc2)n1. The lowest BCUT2D eigenvalue weighted by molar-refractivity contribution is -0.132. The molecule has 1 atom stereocenters. The van der Waals surface area contributed by atoms with Crippen molar-refractivity contribution >= 4 is 17.7 Å². The predicted octanol–water partition coefficient (Wildman–Crippen LogP) is 3.36. The number of aromatic nitrogens is 3. The zero-order valence-corrected chi connectivity index (χ0v) is 15.5. The first-order chi connectivity index (χ1) is 12.2. The minimum absolute atomic E-state index is 0.187. The molecular formula is C18H24N4O2S. The van der Waals surface area contributed by atoms with Gasteiger partial charge in [0.1, 0.15) is 5.75 Å². The highest BCUT2D eigenvalue weighted by Gasteiger charge is 2.25. The fourth-order valence-electron chi connectivity index (χ4n) is 3.15. The van der Waals surface area contributed by atoms with E-state index < -0.39 is 0 Å². The molecule has 1 aromatic carbocycles. The molecule has 1 fully saturated rings. The lowest BCUT2D eigenvalue weighted by Gasteiger charge is -2.35. The number of H-pyrrole nitrogens is 1. The number of nitrogens with one attached hydrogen (secondary N) is 1. The smallest absolute Gasteiger partial charge is 0.233 e. The van der Waals surface area contributed by atoms with Crippen molar-refractivity contribution in [3.8, 4) is 17.1 Å². The first kappa shape index (κ1) is 17.8. The van der Waals surface area contributed by atoms with Gasteiger partial charge < -0.3 is 9.64 Å². The Balaban J connectivity index is 1.58. The molecule has 134 valence electrons. The number of hydrogen-bond donors (Lipinski definition) is 1. The fraction of sp³-hybridized carbons (Fsp3) is 0.500. The summed E-state index contributed by atoms with van der Waals surface area (Å²) < 4.78 is 5.16. The first-order valence-corrected chi connectivity index (χ1v) is 9.69. The number of methoxy groups -OCH3 is 1. The monoisotopic (exact) mass is 360 g/mol. The quantitative estimate of drug-likeness (QED) is 0.800. The van der Waals surface area contributed by atoms with E-state index in [9.17, 15) is 4.79 Å². The van der Waals surface area contributed by atoms with Crippen LogP contribution in [0.4, 0.5) is 0 Å². The average Bonchev–Trinajstić information content (AvgIpc) is 3.15. The summed E-state index contributed by atoms with van der Waals surface area (Å²) in [6.07, 6.45) is 4.48. The van der Waals surface area contributed by atoms with E-state index in [2.05, 4.69) is 22.1 Å². The molecule has 0 saturated carbocycles. The lowest BCUT2D eigenvalue weighted by atomic mass is 10.0.